The molecule has 1 spiro atoms. The fourth-order valence-electron chi connectivity index (χ4n) is 7.99. The molecule has 2 aliphatic carbocycles. The van der Waals surface area contributed by atoms with Gasteiger partial charge in [-0.1, -0.05) is 64.1 Å². The topological polar surface area (TPSA) is 66.5 Å². The van der Waals surface area contributed by atoms with Crippen LogP contribution in [0.5, 0.6) is 5.75 Å². The molecular formula is C33H35NO2. The molecule has 0 heterocycles. The summed E-state index contributed by atoms with van der Waals surface area (Å²) in [5.74, 6) is 0.304. The summed E-state index contributed by atoms with van der Waals surface area (Å²) in [7, 11) is 0. The van der Waals surface area contributed by atoms with Crippen LogP contribution in [0.25, 0.3) is 33.0 Å². The van der Waals surface area contributed by atoms with Gasteiger partial charge in [-0.15, -0.1) is 0 Å². The normalized spacial score (nSPS) is 18.8. The minimum Gasteiger partial charge on any atom is -0.507 e. The first kappa shape index (κ1) is 23.1. The third kappa shape index (κ3) is 3.37. The zero-order valence-electron chi connectivity index (χ0n) is 21.7. The first-order chi connectivity index (χ1) is 17.0. The van der Waals surface area contributed by atoms with Crippen LogP contribution in [0.1, 0.15) is 63.6 Å². The summed E-state index contributed by atoms with van der Waals surface area (Å²) in [5, 5.41) is 23.7. The lowest BCUT2D eigenvalue weighted by molar-refractivity contribution is 0.0645. The lowest BCUT2D eigenvalue weighted by Crippen LogP contribution is -2.43. The second kappa shape index (κ2) is 7.60. The molecule has 0 unspecified atom stereocenters. The van der Waals surface area contributed by atoms with E-state index in [1.54, 1.807) is 0 Å². The minimum atomic E-state index is -0.141. The lowest BCUT2D eigenvalue weighted by Gasteiger charge is -2.51. The summed E-state index contributed by atoms with van der Waals surface area (Å²) >= 11 is 0. The number of fused-ring (bicyclic) bond motifs is 7. The van der Waals surface area contributed by atoms with Crippen LogP contribution in [-0.2, 0) is 12.0 Å². The summed E-state index contributed by atoms with van der Waals surface area (Å²) in [6.07, 6.45) is 3.28. The SMILES string of the molecule is CC1(C)CC(C)(C)CC2(C1)c1ccccc1-c1c2cc(O)c2cc(-c3ccc(N)cc3)c(CO)cc12. The van der Waals surface area contributed by atoms with Crippen molar-refractivity contribution in [3.05, 3.63) is 83.4 Å². The Balaban J connectivity index is 1.68. The molecule has 0 bridgehead atoms. The van der Waals surface area contributed by atoms with Crippen LogP contribution in [0.4, 0.5) is 5.69 Å². The highest BCUT2D eigenvalue weighted by atomic mass is 16.3. The average Bonchev–Trinajstić information content (AvgIpc) is 3.05. The van der Waals surface area contributed by atoms with Gasteiger partial charge in [-0.05, 0) is 105 Å². The summed E-state index contributed by atoms with van der Waals surface area (Å²) in [5.41, 5.74) is 14.7. The molecule has 6 rings (SSSR count). The Hall–Kier alpha value is -3.30. The molecule has 3 nitrogen and oxygen atoms in total. The summed E-state index contributed by atoms with van der Waals surface area (Å²) in [4.78, 5) is 0. The lowest BCUT2D eigenvalue weighted by atomic mass is 9.52. The third-order valence-electron chi connectivity index (χ3n) is 8.48. The number of nitrogens with two attached hydrogens (primary N) is 1. The minimum absolute atomic E-state index is 0.0765. The molecule has 4 N–H and O–H groups in total. The standard InChI is InChI=1S/C33H35NO2/c1-31(2)17-32(3,4)19-33(18-31)27-8-6-5-7-23(27)30-26-13-21(16-35)24(20-9-11-22(34)12-10-20)14-25(26)29(36)15-28(30)33/h5-15,35-36H,16-19,34H2,1-4H3. The predicted molar refractivity (Wildman–Crippen MR) is 149 cm³/mol. The van der Waals surface area contributed by atoms with Gasteiger partial charge < -0.3 is 15.9 Å². The number of nitrogen functional groups attached to an aromatic ring is 1. The van der Waals surface area contributed by atoms with Gasteiger partial charge in [-0.25, -0.2) is 0 Å². The number of anilines is 1. The van der Waals surface area contributed by atoms with E-state index < -0.39 is 0 Å². The molecule has 2 aliphatic rings. The number of rotatable bonds is 2. The van der Waals surface area contributed by atoms with Gasteiger partial charge in [0.25, 0.3) is 0 Å². The first-order valence-corrected chi connectivity index (χ1v) is 12.9. The molecule has 0 aliphatic heterocycles. The molecule has 0 amide bonds. The highest BCUT2D eigenvalue weighted by molar-refractivity contribution is 6.07. The van der Waals surface area contributed by atoms with E-state index in [2.05, 4.69) is 58.0 Å². The maximum Gasteiger partial charge on any atom is 0.123 e. The van der Waals surface area contributed by atoms with Crippen molar-refractivity contribution in [3.8, 4) is 28.0 Å². The Morgan fingerprint density at radius 3 is 2.08 bits per heavy atom. The maximum atomic E-state index is 11.5. The van der Waals surface area contributed by atoms with Gasteiger partial charge in [0.1, 0.15) is 5.75 Å². The van der Waals surface area contributed by atoms with Gasteiger partial charge in [-0.2, -0.15) is 0 Å². The fraction of sp³-hybridized carbons (Fsp3) is 0.333. The molecule has 1 fully saturated rings. The maximum absolute atomic E-state index is 11.5. The number of aliphatic hydroxyl groups is 1. The molecule has 1 saturated carbocycles. The summed E-state index contributed by atoms with van der Waals surface area (Å²) < 4.78 is 0. The van der Waals surface area contributed by atoms with E-state index in [0.717, 1.165) is 40.3 Å². The van der Waals surface area contributed by atoms with Gasteiger partial charge in [0.15, 0.2) is 0 Å². The van der Waals surface area contributed by atoms with Gasteiger partial charge in [0, 0.05) is 16.5 Å². The number of aliphatic hydroxyl groups excluding tert-OH is 1. The van der Waals surface area contributed by atoms with Crippen LogP contribution >= 0.6 is 0 Å². The zero-order chi connectivity index (χ0) is 25.5. The van der Waals surface area contributed by atoms with Gasteiger partial charge in [-0.3, -0.25) is 0 Å². The number of hydrogen-bond donors (Lipinski definition) is 3. The van der Waals surface area contributed by atoms with Crippen LogP contribution in [-0.4, -0.2) is 10.2 Å². The zero-order valence-corrected chi connectivity index (χ0v) is 21.7. The van der Waals surface area contributed by atoms with Crippen LogP contribution in [0.3, 0.4) is 0 Å². The number of hydrogen-bond acceptors (Lipinski definition) is 3. The van der Waals surface area contributed by atoms with E-state index in [0.29, 0.717) is 11.4 Å². The Morgan fingerprint density at radius 2 is 1.42 bits per heavy atom. The van der Waals surface area contributed by atoms with E-state index in [1.165, 1.54) is 28.7 Å². The van der Waals surface area contributed by atoms with Gasteiger partial charge in [0.05, 0.1) is 6.61 Å². The number of phenolic OH excluding ortho intramolecular Hbond substituents is 1. The van der Waals surface area contributed by atoms with Crippen molar-refractivity contribution in [1.29, 1.82) is 0 Å². The quantitative estimate of drug-likeness (QED) is 0.258. The van der Waals surface area contributed by atoms with Crippen molar-refractivity contribution in [3.63, 3.8) is 0 Å². The average molecular weight is 478 g/mol. The molecule has 4 aromatic carbocycles. The third-order valence-corrected chi connectivity index (χ3v) is 8.48. The van der Waals surface area contributed by atoms with Gasteiger partial charge in [0.2, 0.25) is 0 Å². The second-order valence-electron chi connectivity index (χ2n) is 12.6. The predicted octanol–water partition coefficient (Wildman–Crippen LogP) is 7.79. The Kier molecular flexibility index (Phi) is 4.88. The molecule has 0 atom stereocenters. The van der Waals surface area contributed by atoms with Crippen molar-refractivity contribution in [2.75, 3.05) is 5.73 Å². The smallest absolute Gasteiger partial charge is 0.123 e. The molecular weight excluding hydrogens is 442 g/mol. The molecule has 4 aromatic rings. The summed E-state index contributed by atoms with van der Waals surface area (Å²) in [6.45, 7) is 9.48. The monoisotopic (exact) mass is 477 g/mol. The van der Waals surface area contributed by atoms with Crippen LogP contribution in [0, 0.1) is 10.8 Å². The van der Waals surface area contributed by atoms with E-state index in [4.69, 9.17) is 5.73 Å². The fourth-order valence-corrected chi connectivity index (χ4v) is 7.99. The number of aromatic hydroxyl groups is 1. The van der Waals surface area contributed by atoms with Gasteiger partial charge >= 0.3 is 0 Å². The van der Waals surface area contributed by atoms with Crippen LogP contribution < -0.4 is 5.73 Å². The van der Waals surface area contributed by atoms with Crippen molar-refractivity contribution >= 4 is 16.5 Å². The first-order valence-electron chi connectivity index (χ1n) is 12.9. The highest BCUT2D eigenvalue weighted by Gasteiger charge is 2.53. The van der Waals surface area contributed by atoms with Crippen molar-refractivity contribution in [2.24, 2.45) is 10.8 Å². The highest BCUT2D eigenvalue weighted by Crippen LogP contribution is 2.64. The molecule has 36 heavy (non-hydrogen) atoms. The van der Waals surface area contributed by atoms with Crippen molar-refractivity contribution in [2.45, 2.75) is 59.0 Å². The van der Waals surface area contributed by atoms with E-state index >= 15 is 0 Å². The number of benzene rings is 4. The van der Waals surface area contributed by atoms with E-state index in [-0.39, 0.29) is 22.9 Å². The molecule has 0 aromatic heterocycles. The Labute approximate surface area is 213 Å². The number of phenols is 1. The van der Waals surface area contributed by atoms with Crippen molar-refractivity contribution < 1.29 is 10.2 Å². The van der Waals surface area contributed by atoms with E-state index in [9.17, 15) is 10.2 Å². The molecule has 3 heteroatoms. The molecule has 0 radical (unpaired) electrons. The Morgan fingerprint density at radius 1 is 0.750 bits per heavy atom. The summed E-state index contributed by atoms with van der Waals surface area (Å²) in [6, 6.07) is 22.7. The van der Waals surface area contributed by atoms with Crippen molar-refractivity contribution in [1.82, 2.24) is 0 Å². The molecule has 184 valence electrons. The second-order valence-corrected chi connectivity index (χ2v) is 12.6. The van der Waals surface area contributed by atoms with E-state index in [1.807, 2.05) is 36.4 Å². The van der Waals surface area contributed by atoms with Crippen LogP contribution in [0.2, 0.25) is 0 Å². The molecule has 0 saturated heterocycles. The van der Waals surface area contributed by atoms with Crippen LogP contribution in [0.15, 0.2) is 66.7 Å². The largest absolute Gasteiger partial charge is 0.507 e. The Bertz CT molecular complexity index is 1500.